The van der Waals surface area contributed by atoms with Crippen molar-refractivity contribution >= 4 is 27.5 Å². The Morgan fingerprint density at radius 3 is 2.71 bits per heavy atom. The summed E-state index contributed by atoms with van der Waals surface area (Å²) >= 11 is 3.42. The van der Waals surface area contributed by atoms with Crippen molar-refractivity contribution in [2.75, 3.05) is 18.4 Å². The summed E-state index contributed by atoms with van der Waals surface area (Å²) in [6, 6.07) is 5.88. The number of halogens is 1. The minimum atomic E-state index is -0.0331. The summed E-state index contributed by atoms with van der Waals surface area (Å²) in [5, 5.41) is 6.09. The molecule has 2 N–H and O–H groups in total. The number of carbonyl (C=O) groups is 1. The molecule has 94 valence electrons. The lowest BCUT2D eigenvalue weighted by Gasteiger charge is -2.13. The summed E-state index contributed by atoms with van der Waals surface area (Å²) in [4.78, 5) is 11.9. The number of carbonyl (C=O) groups excluding carboxylic acids is 1. The molecular formula is C13H19BrN2O. The number of anilines is 1. The van der Waals surface area contributed by atoms with Crippen LogP contribution in [0.5, 0.6) is 0 Å². The minimum absolute atomic E-state index is 0.0331. The highest BCUT2D eigenvalue weighted by molar-refractivity contribution is 9.10. The molecule has 0 heterocycles. The lowest BCUT2D eigenvalue weighted by Crippen LogP contribution is -2.30. The van der Waals surface area contributed by atoms with Crippen molar-refractivity contribution < 1.29 is 4.79 Å². The van der Waals surface area contributed by atoms with Gasteiger partial charge in [0, 0.05) is 22.6 Å². The van der Waals surface area contributed by atoms with E-state index in [1.807, 2.05) is 39.0 Å². The van der Waals surface area contributed by atoms with Crippen LogP contribution in [-0.2, 0) is 4.79 Å². The van der Waals surface area contributed by atoms with E-state index in [9.17, 15) is 4.79 Å². The first-order valence-electron chi connectivity index (χ1n) is 5.81. The molecule has 0 saturated carbocycles. The van der Waals surface area contributed by atoms with Crippen LogP contribution < -0.4 is 10.6 Å². The normalized spacial score (nSPS) is 12.2. The molecule has 1 aromatic carbocycles. The number of aryl methyl sites for hydroxylation is 1. The Morgan fingerprint density at radius 2 is 2.12 bits per heavy atom. The largest absolute Gasteiger partial charge is 0.326 e. The predicted molar refractivity (Wildman–Crippen MR) is 75.2 cm³/mol. The molecular weight excluding hydrogens is 280 g/mol. The smallest absolute Gasteiger partial charge is 0.228 e. The second-order valence-corrected chi connectivity index (χ2v) is 5.13. The van der Waals surface area contributed by atoms with Crippen LogP contribution in [-0.4, -0.2) is 19.0 Å². The Bertz CT molecular complexity index is 373. The molecule has 0 aliphatic carbocycles. The van der Waals surface area contributed by atoms with Crippen LogP contribution >= 0.6 is 15.9 Å². The molecule has 0 fully saturated rings. The van der Waals surface area contributed by atoms with E-state index in [2.05, 4.69) is 26.6 Å². The van der Waals surface area contributed by atoms with Gasteiger partial charge in [0.05, 0.1) is 0 Å². The van der Waals surface area contributed by atoms with Crippen LogP contribution in [0, 0.1) is 12.8 Å². The highest BCUT2D eigenvalue weighted by atomic mass is 79.9. The number of benzene rings is 1. The van der Waals surface area contributed by atoms with E-state index in [-0.39, 0.29) is 11.8 Å². The van der Waals surface area contributed by atoms with E-state index >= 15 is 0 Å². The monoisotopic (exact) mass is 298 g/mol. The van der Waals surface area contributed by atoms with E-state index in [0.29, 0.717) is 6.54 Å². The number of hydrogen-bond donors (Lipinski definition) is 2. The average Bonchev–Trinajstić information content (AvgIpc) is 2.24. The zero-order valence-corrected chi connectivity index (χ0v) is 12.1. The molecule has 0 aromatic heterocycles. The molecule has 3 nitrogen and oxygen atoms in total. The highest BCUT2D eigenvalue weighted by Gasteiger charge is 2.12. The quantitative estimate of drug-likeness (QED) is 0.877. The predicted octanol–water partition coefficient (Wildman–Crippen LogP) is 2.94. The summed E-state index contributed by atoms with van der Waals surface area (Å²) in [6.45, 7) is 7.54. The molecule has 0 saturated heterocycles. The molecule has 1 rings (SSSR count). The van der Waals surface area contributed by atoms with Gasteiger partial charge in [-0.1, -0.05) is 29.8 Å². The van der Waals surface area contributed by atoms with Crippen molar-refractivity contribution in [2.45, 2.75) is 20.8 Å². The lowest BCUT2D eigenvalue weighted by molar-refractivity contribution is -0.119. The van der Waals surface area contributed by atoms with Crippen LogP contribution in [0.15, 0.2) is 22.7 Å². The van der Waals surface area contributed by atoms with Crippen LogP contribution in [0.1, 0.15) is 19.4 Å². The van der Waals surface area contributed by atoms with Crippen molar-refractivity contribution in [3.8, 4) is 0 Å². The van der Waals surface area contributed by atoms with Crippen LogP contribution in [0.2, 0.25) is 0 Å². The fourth-order valence-electron chi connectivity index (χ4n) is 1.53. The third-order valence-electron chi connectivity index (χ3n) is 2.46. The average molecular weight is 299 g/mol. The summed E-state index contributed by atoms with van der Waals surface area (Å²) in [7, 11) is 0. The summed E-state index contributed by atoms with van der Waals surface area (Å²) in [5.74, 6) is 0.0117. The zero-order chi connectivity index (χ0) is 12.8. The van der Waals surface area contributed by atoms with E-state index in [4.69, 9.17) is 0 Å². The van der Waals surface area contributed by atoms with Gasteiger partial charge in [-0.25, -0.2) is 0 Å². The van der Waals surface area contributed by atoms with Gasteiger partial charge in [-0.2, -0.15) is 0 Å². The van der Waals surface area contributed by atoms with Crippen molar-refractivity contribution in [2.24, 2.45) is 5.92 Å². The number of hydrogen-bond acceptors (Lipinski definition) is 2. The van der Waals surface area contributed by atoms with E-state index in [0.717, 1.165) is 22.3 Å². The first kappa shape index (κ1) is 14.2. The topological polar surface area (TPSA) is 41.1 Å². The Balaban J connectivity index is 2.61. The Kier molecular flexibility index (Phi) is 5.65. The molecule has 4 heteroatoms. The zero-order valence-electron chi connectivity index (χ0n) is 10.5. The SMILES string of the molecule is CCNCC(C)C(=O)Nc1cc(C)cc(Br)c1. The Labute approximate surface area is 111 Å². The minimum Gasteiger partial charge on any atom is -0.326 e. The molecule has 0 aliphatic heterocycles. The van der Waals surface area contributed by atoms with E-state index < -0.39 is 0 Å². The molecule has 0 radical (unpaired) electrons. The Morgan fingerprint density at radius 1 is 1.41 bits per heavy atom. The second-order valence-electron chi connectivity index (χ2n) is 4.22. The van der Waals surface area contributed by atoms with Gasteiger partial charge in [0.1, 0.15) is 0 Å². The molecule has 0 bridgehead atoms. The van der Waals surface area contributed by atoms with E-state index in [1.165, 1.54) is 0 Å². The van der Waals surface area contributed by atoms with Gasteiger partial charge in [-0.05, 0) is 37.2 Å². The first-order chi connectivity index (χ1) is 8.02. The fourth-order valence-corrected chi connectivity index (χ4v) is 2.14. The number of amides is 1. The number of nitrogens with one attached hydrogen (secondary N) is 2. The third kappa shape index (κ3) is 4.88. The molecule has 0 aliphatic rings. The second kappa shape index (κ2) is 6.77. The molecule has 1 atom stereocenters. The van der Waals surface area contributed by atoms with Gasteiger partial charge in [0.25, 0.3) is 0 Å². The van der Waals surface area contributed by atoms with Crippen LogP contribution in [0.25, 0.3) is 0 Å². The highest BCUT2D eigenvalue weighted by Crippen LogP contribution is 2.19. The van der Waals surface area contributed by atoms with Crippen molar-refractivity contribution in [1.29, 1.82) is 0 Å². The summed E-state index contributed by atoms with van der Waals surface area (Å²) < 4.78 is 0.979. The van der Waals surface area contributed by atoms with Crippen LogP contribution in [0.3, 0.4) is 0 Å². The number of rotatable bonds is 5. The Hall–Kier alpha value is -0.870. The maximum Gasteiger partial charge on any atom is 0.228 e. The standard InChI is InChI=1S/C13H19BrN2O/c1-4-15-8-10(3)13(17)16-12-6-9(2)5-11(14)7-12/h5-7,10,15H,4,8H2,1-3H3,(H,16,17). The van der Waals surface area contributed by atoms with Crippen molar-refractivity contribution in [1.82, 2.24) is 5.32 Å². The van der Waals surface area contributed by atoms with Gasteiger partial charge in [0.15, 0.2) is 0 Å². The molecule has 1 aromatic rings. The molecule has 0 spiro atoms. The van der Waals surface area contributed by atoms with Gasteiger partial charge in [0.2, 0.25) is 5.91 Å². The maximum absolute atomic E-state index is 11.9. The first-order valence-corrected chi connectivity index (χ1v) is 6.61. The van der Waals surface area contributed by atoms with Gasteiger partial charge in [-0.3, -0.25) is 4.79 Å². The summed E-state index contributed by atoms with van der Waals surface area (Å²) in [5.41, 5.74) is 1.96. The third-order valence-corrected chi connectivity index (χ3v) is 2.92. The van der Waals surface area contributed by atoms with E-state index in [1.54, 1.807) is 0 Å². The van der Waals surface area contributed by atoms with Crippen molar-refractivity contribution in [3.05, 3.63) is 28.2 Å². The van der Waals surface area contributed by atoms with Crippen LogP contribution in [0.4, 0.5) is 5.69 Å². The summed E-state index contributed by atoms with van der Waals surface area (Å²) in [6.07, 6.45) is 0. The van der Waals surface area contributed by atoms with Gasteiger partial charge < -0.3 is 10.6 Å². The van der Waals surface area contributed by atoms with Crippen molar-refractivity contribution in [3.63, 3.8) is 0 Å². The van der Waals surface area contributed by atoms with Gasteiger partial charge in [-0.15, -0.1) is 0 Å². The molecule has 1 amide bonds. The maximum atomic E-state index is 11.9. The van der Waals surface area contributed by atoms with Gasteiger partial charge >= 0.3 is 0 Å². The fraction of sp³-hybridized carbons (Fsp3) is 0.462. The lowest BCUT2D eigenvalue weighted by atomic mass is 10.1. The molecule has 1 unspecified atom stereocenters. The molecule has 17 heavy (non-hydrogen) atoms.